The summed E-state index contributed by atoms with van der Waals surface area (Å²) in [6, 6.07) is 0. The van der Waals surface area contributed by atoms with Gasteiger partial charge in [-0.3, -0.25) is 14.4 Å². The molecule has 15 rings (SSSR count). The summed E-state index contributed by atoms with van der Waals surface area (Å²) in [7, 11) is 0. The van der Waals surface area contributed by atoms with Crippen molar-refractivity contribution in [2.24, 2.45) is 76.9 Å². The van der Waals surface area contributed by atoms with E-state index in [1.54, 1.807) is 0 Å². The third-order valence-corrected chi connectivity index (χ3v) is 20.2. The fourth-order valence-electron chi connectivity index (χ4n) is 16.2. The van der Waals surface area contributed by atoms with E-state index < -0.39 is 109 Å². The maximum absolute atomic E-state index is 14.8. The Morgan fingerprint density at radius 3 is 1.09 bits per heavy atom. The number of hydrogen-bond acceptors (Lipinski definition) is 18. The zero-order valence-electron chi connectivity index (χ0n) is 41.7. The smallest absolute Gasteiger partial charge is 0.312 e. The van der Waals surface area contributed by atoms with Crippen molar-refractivity contribution >= 4 is 17.9 Å². The van der Waals surface area contributed by atoms with Crippen molar-refractivity contribution in [1.29, 1.82) is 0 Å². The van der Waals surface area contributed by atoms with Crippen LogP contribution in [0.3, 0.4) is 0 Å². The van der Waals surface area contributed by atoms with E-state index in [-0.39, 0.29) is 53.3 Å². The molecule has 3 aliphatic carbocycles. The molecule has 0 aromatic carbocycles. The van der Waals surface area contributed by atoms with E-state index in [0.29, 0.717) is 37.0 Å². The van der Waals surface area contributed by atoms with Crippen LogP contribution in [-0.2, 0) is 86.3 Å². The molecule has 0 N–H and O–H groups in total. The lowest BCUT2D eigenvalue weighted by Crippen LogP contribution is -2.70. The van der Waals surface area contributed by atoms with Crippen molar-refractivity contribution in [1.82, 2.24) is 0 Å². The number of hydrogen-bond donors (Lipinski definition) is 0. The largest absolute Gasteiger partial charge is 0.435 e. The molecule has 12 saturated heterocycles. The Kier molecular flexibility index (Phi) is 11.6. The normalized spacial score (nSPS) is 56.0. The minimum atomic E-state index is -1.34. The summed E-state index contributed by atoms with van der Waals surface area (Å²) in [4.78, 5) is 80.4. The van der Waals surface area contributed by atoms with Gasteiger partial charge in [-0.25, -0.2) is 29.3 Å². The SMILES string of the molecule is C[C@H]1[C@H](OC(=O)CC(CC(=O)O[C@@H]2O[C@@H]3O[C@]4(C)CC[C@H]5[C@H](C)CC[C@@H]([C@H]2C)[C@@]35OO4)C(=O)O[C@@H]2O[C@@H]3O[C@]4(C)CC[C@H]5[C@H](C)CC[C@@H]([C@H]2C)[C@@]35OO4)O[C@@H]2O[C@@]3(C)CC[C@H]4[C@H](C)CC[C@@H]1[C@@]24OO3. The molecule has 386 valence electrons. The van der Waals surface area contributed by atoms with Crippen LogP contribution in [0.25, 0.3) is 0 Å². The van der Waals surface area contributed by atoms with Crippen LogP contribution in [0.1, 0.15) is 152 Å². The molecular formula is C51H74O18. The van der Waals surface area contributed by atoms with Crippen LogP contribution in [0, 0.1) is 76.9 Å². The number of carbonyl (C=O) groups is 3. The van der Waals surface area contributed by atoms with Crippen LogP contribution in [0.4, 0.5) is 0 Å². The van der Waals surface area contributed by atoms with E-state index in [2.05, 4.69) is 20.8 Å². The van der Waals surface area contributed by atoms with E-state index in [0.717, 1.165) is 57.8 Å². The third kappa shape index (κ3) is 7.24. The first-order chi connectivity index (χ1) is 32.8. The molecule has 3 spiro atoms. The Morgan fingerprint density at radius 2 is 0.754 bits per heavy atom. The monoisotopic (exact) mass is 974 g/mol. The van der Waals surface area contributed by atoms with Gasteiger partial charge < -0.3 is 42.6 Å². The van der Waals surface area contributed by atoms with Crippen molar-refractivity contribution in [3.05, 3.63) is 0 Å². The van der Waals surface area contributed by atoms with Gasteiger partial charge in [-0.15, -0.1) is 0 Å². The number of ether oxygens (including phenoxy) is 9. The first-order valence-electron chi connectivity index (χ1n) is 26.5. The topological polar surface area (TPSA) is 190 Å². The van der Waals surface area contributed by atoms with Crippen LogP contribution in [0.2, 0.25) is 0 Å². The summed E-state index contributed by atoms with van der Waals surface area (Å²) in [6.45, 7) is 18.2. The minimum Gasteiger partial charge on any atom is -0.435 e. The predicted octanol–water partition coefficient (Wildman–Crippen LogP) is 7.64. The maximum Gasteiger partial charge on any atom is 0.312 e. The van der Waals surface area contributed by atoms with Crippen LogP contribution in [0.5, 0.6) is 0 Å². The van der Waals surface area contributed by atoms with Crippen molar-refractivity contribution in [3.8, 4) is 0 Å². The first-order valence-corrected chi connectivity index (χ1v) is 26.5. The summed E-state index contributed by atoms with van der Waals surface area (Å²) in [6.07, 6.45) is 2.98. The van der Waals surface area contributed by atoms with Crippen molar-refractivity contribution < 1.29 is 86.3 Å². The number of rotatable bonds is 8. The maximum atomic E-state index is 14.8. The molecule has 0 aromatic rings. The van der Waals surface area contributed by atoms with Gasteiger partial charge in [-0.05, 0) is 114 Å². The second-order valence-corrected chi connectivity index (χ2v) is 24.3. The Bertz CT molecular complexity index is 1950. The second kappa shape index (κ2) is 16.7. The number of carbonyl (C=O) groups excluding carboxylic acids is 3. The standard InChI is InChI=1S/C51H74O18/c1-24-10-13-34-27(4)40(58-43-49(34)31(24)16-19-46(7,61-43)64-67-49)55-37(52)22-30(39(54)57-42-29(6)36-15-12-26(3)33-18-21-48(9)63-45(60-42)51(33,36)69-66-48)23-38(53)56-41-28(5)35-14-11-25(2)32-17-20-47(8)62-44(59-41)50(32,35)68-65-47/h24-36,40-45H,10-23H2,1-9H3/t24-,25-,26-,27-,28-,29-,30?,31+,32+,33+,34+,35+,36+,40-,41-,42-,43-,44-,45-,46-,47+,48+,49-,50-,51-/m1/s1. The molecule has 25 atom stereocenters. The molecule has 15 aliphatic rings. The van der Waals surface area contributed by atoms with Gasteiger partial charge in [-0.2, -0.15) is 0 Å². The number of esters is 3. The van der Waals surface area contributed by atoms with Crippen LogP contribution in [-0.4, -0.2) is 89.8 Å². The average Bonchev–Trinajstić information content (AvgIpc) is 3.79. The minimum absolute atomic E-state index is 0.103. The highest BCUT2D eigenvalue weighted by Gasteiger charge is 2.73. The Balaban J connectivity index is 0.792. The van der Waals surface area contributed by atoms with E-state index in [9.17, 15) is 14.4 Å². The van der Waals surface area contributed by atoms with E-state index in [1.807, 2.05) is 41.5 Å². The molecule has 15 fully saturated rings. The molecule has 12 aliphatic heterocycles. The zero-order valence-corrected chi connectivity index (χ0v) is 41.7. The molecule has 12 heterocycles. The van der Waals surface area contributed by atoms with Gasteiger partial charge in [0.15, 0.2) is 35.7 Å². The van der Waals surface area contributed by atoms with E-state index in [4.69, 9.17) is 72.0 Å². The lowest BCUT2D eigenvalue weighted by Gasteiger charge is -2.60. The molecule has 0 aromatic heterocycles. The fraction of sp³-hybridized carbons (Fsp3) is 0.941. The molecule has 69 heavy (non-hydrogen) atoms. The highest BCUT2D eigenvalue weighted by atomic mass is 17.3. The van der Waals surface area contributed by atoms with Gasteiger partial charge in [-0.1, -0.05) is 41.5 Å². The van der Waals surface area contributed by atoms with Crippen molar-refractivity contribution in [2.45, 2.75) is 224 Å². The molecule has 0 amide bonds. The second-order valence-electron chi connectivity index (χ2n) is 24.3. The van der Waals surface area contributed by atoms with E-state index >= 15 is 0 Å². The lowest BCUT2D eigenvalue weighted by atomic mass is 9.58. The summed E-state index contributed by atoms with van der Waals surface area (Å²) in [5.74, 6) is -6.65. The molecular weight excluding hydrogens is 901 g/mol. The van der Waals surface area contributed by atoms with Gasteiger partial charge in [0.05, 0.1) is 18.8 Å². The number of fused-ring (bicyclic) bond motifs is 6. The highest BCUT2D eigenvalue weighted by Crippen LogP contribution is 2.64. The van der Waals surface area contributed by atoms with Crippen LogP contribution < -0.4 is 0 Å². The van der Waals surface area contributed by atoms with Crippen molar-refractivity contribution in [3.63, 3.8) is 0 Å². The molecule has 18 heteroatoms. The fourth-order valence-corrected chi connectivity index (χ4v) is 16.2. The molecule has 6 bridgehead atoms. The van der Waals surface area contributed by atoms with Crippen LogP contribution in [0.15, 0.2) is 0 Å². The quantitative estimate of drug-likeness (QED) is 0.131. The van der Waals surface area contributed by atoms with Gasteiger partial charge in [0, 0.05) is 54.8 Å². The van der Waals surface area contributed by atoms with Gasteiger partial charge in [0.2, 0.25) is 36.2 Å². The highest BCUT2D eigenvalue weighted by molar-refractivity contribution is 5.84. The predicted molar refractivity (Wildman–Crippen MR) is 231 cm³/mol. The lowest BCUT2D eigenvalue weighted by molar-refractivity contribution is -0.576. The van der Waals surface area contributed by atoms with Crippen molar-refractivity contribution in [2.75, 3.05) is 0 Å². The average molecular weight is 975 g/mol. The Labute approximate surface area is 404 Å². The summed E-state index contributed by atoms with van der Waals surface area (Å²) in [5.41, 5.74) is -2.61. The molecule has 1 unspecified atom stereocenters. The molecule has 18 nitrogen and oxygen atoms in total. The summed E-state index contributed by atoms with van der Waals surface area (Å²) in [5, 5.41) is 0. The van der Waals surface area contributed by atoms with Gasteiger partial charge >= 0.3 is 17.9 Å². The summed E-state index contributed by atoms with van der Waals surface area (Å²) < 4.78 is 58.0. The Hall–Kier alpha value is -2.07. The summed E-state index contributed by atoms with van der Waals surface area (Å²) >= 11 is 0. The Morgan fingerprint density at radius 1 is 0.435 bits per heavy atom. The van der Waals surface area contributed by atoms with E-state index in [1.165, 1.54) is 0 Å². The first kappa shape index (κ1) is 47.9. The zero-order chi connectivity index (χ0) is 48.2. The third-order valence-electron chi connectivity index (χ3n) is 20.2. The van der Waals surface area contributed by atoms with Gasteiger partial charge in [0.1, 0.15) is 0 Å². The van der Waals surface area contributed by atoms with Crippen LogP contribution >= 0.6 is 0 Å². The van der Waals surface area contributed by atoms with Gasteiger partial charge in [0.25, 0.3) is 0 Å². The molecule has 3 saturated carbocycles. The molecule has 0 radical (unpaired) electrons.